The molecular formula is C16H20N4OS. The Kier molecular flexibility index (Phi) is 4.11. The maximum atomic E-state index is 12.8. The number of carbonyl (C=O) groups is 1. The summed E-state index contributed by atoms with van der Waals surface area (Å²) in [5.74, 6) is 1.65. The first kappa shape index (κ1) is 15.0. The normalized spacial score (nSPS) is 17.8. The van der Waals surface area contributed by atoms with E-state index in [2.05, 4.69) is 15.3 Å². The van der Waals surface area contributed by atoms with Gasteiger partial charge >= 0.3 is 0 Å². The van der Waals surface area contributed by atoms with Gasteiger partial charge in [0.1, 0.15) is 11.6 Å². The molecule has 0 saturated carbocycles. The van der Waals surface area contributed by atoms with Gasteiger partial charge in [-0.15, -0.1) is 11.3 Å². The van der Waals surface area contributed by atoms with Gasteiger partial charge in [-0.1, -0.05) is 0 Å². The molecule has 0 spiro atoms. The van der Waals surface area contributed by atoms with E-state index in [1.165, 1.54) is 11.3 Å². The predicted molar refractivity (Wildman–Crippen MR) is 88.4 cm³/mol. The largest absolute Gasteiger partial charge is 0.373 e. The summed E-state index contributed by atoms with van der Waals surface area (Å²) in [6.07, 6.45) is 1.97. The van der Waals surface area contributed by atoms with Crippen molar-refractivity contribution in [1.82, 2.24) is 14.9 Å². The Hall–Kier alpha value is -1.95. The number of hydrogen-bond acceptors (Lipinski definition) is 5. The van der Waals surface area contributed by atoms with Crippen molar-refractivity contribution in [3.8, 4) is 0 Å². The van der Waals surface area contributed by atoms with Crippen LogP contribution in [0.4, 0.5) is 5.82 Å². The highest BCUT2D eigenvalue weighted by atomic mass is 32.1. The first-order chi connectivity index (χ1) is 10.6. The molecule has 6 heteroatoms. The summed E-state index contributed by atoms with van der Waals surface area (Å²) in [6, 6.07) is 3.99. The molecule has 0 radical (unpaired) electrons. The monoisotopic (exact) mass is 316 g/mol. The van der Waals surface area contributed by atoms with E-state index in [-0.39, 0.29) is 11.9 Å². The number of rotatable bonds is 3. The van der Waals surface area contributed by atoms with E-state index in [0.29, 0.717) is 0 Å². The Balaban J connectivity index is 1.92. The number of anilines is 1. The summed E-state index contributed by atoms with van der Waals surface area (Å²) in [5, 5.41) is 5.03. The molecule has 1 aliphatic rings. The van der Waals surface area contributed by atoms with Gasteiger partial charge in [0.2, 0.25) is 0 Å². The molecule has 1 saturated heterocycles. The van der Waals surface area contributed by atoms with Crippen LogP contribution >= 0.6 is 11.3 Å². The van der Waals surface area contributed by atoms with Crippen molar-refractivity contribution in [3.05, 3.63) is 39.5 Å². The summed E-state index contributed by atoms with van der Waals surface area (Å²) < 4.78 is 0. The number of amides is 1. The minimum atomic E-state index is 0.0443. The molecule has 5 nitrogen and oxygen atoms in total. The standard InChI is InChI=1S/C16H20N4OS/c1-10-6-8-22-15(10)16(21)20-7-4-5-13(20)12-9-14(17-3)19-11(2)18-12/h6,8-9,13H,4-5,7H2,1-3H3,(H,17,18,19). The van der Waals surface area contributed by atoms with Crippen LogP contribution < -0.4 is 5.32 Å². The van der Waals surface area contributed by atoms with Gasteiger partial charge in [-0.3, -0.25) is 4.79 Å². The van der Waals surface area contributed by atoms with Crippen LogP contribution in [0.25, 0.3) is 0 Å². The molecule has 22 heavy (non-hydrogen) atoms. The van der Waals surface area contributed by atoms with Crippen molar-refractivity contribution in [2.24, 2.45) is 0 Å². The number of hydrogen-bond donors (Lipinski definition) is 1. The first-order valence-electron chi connectivity index (χ1n) is 7.48. The fourth-order valence-corrected chi connectivity index (χ4v) is 3.81. The van der Waals surface area contributed by atoms with Crippen LogP contribution in [0.5, 0.6) is 0 Å². The molecule has 2 aromatic heterocycles. The molecule has 116 valence electrons. The third-order valence-corrected chi connectivity index (χ3v) is 5.03. The Labute approximate surface area is 134 Å². The lowest BCUT2D eigenvalue weighted by atomic mass is 10.1. The van der Waals surface area contributed by atoms with Crippen LogP contribution in [0.3, 0.4) is 0 Å². The van der Waals surface area contributed by atoms with E-state index in [1.54, 1.807) is 0 Å². The zero-order valence-corrected chi connectivity index (χ0v) is 13.9. The lowest BCUT2D eigenvalue weighted by Crippen LogP contribution is -2.31. The highest BCUT2D eigenvalue weighted by Gasteiger charge is 2.33. The second-order valence-corrected chi connectivity index (χ2v) is 6.48. The first-order valence-corrected chi connectivity index (χ1v) is 8.36. The Morgan fingerprint density at radius 1 is 1.41 bits per heavy atom. The molecule has 1 N–H and O–H groups in total. The molecular weight excluding hydrogens is 296 g/mol. The number of carbonyl (C=O) groups excluding carboxylic acids is 1. The Morgan fingerprint density at radius 3 is 2.91 bits per heavy atom. The zero-order chi connectivity index (χ0) is 15.7. The van der Waals surface area contributed by atoms with E-state index in [0.717, 1.165) is 47.2 Å². The van der Waals surface area contributed by atoms with Crippen LogP contribution in [0, 0.1) is 13.8 Å². The third kappa shape index (κ3) is 2.70. The molecule has 3 rings (SSSR count). The summed E-state index contributed by atoms with van der Waals surface area (Å²) in [5.41, 5.74) is 1.98. The Morgan fingerprint density at radius 2 is 2.23 bits per heavy atom. The van der Waals surface area contributed by atoms with Crippen molar-refractivity contribution < 1.29 is 4.79 Å². The number of aryl methyl sites for hydroxylation is 2. The van der Waals surface area contributed by atoms with Gasteiger partial charge in [0.25, 0.3) is 5.91 Å². The lowest BCUT2D eigenvalue weighted by Gasteiger charge is -2.24. The molecule has 1 fully saturated rings. The summed E-state index contributed by atoms with van der Waals surface area (Å²) in [4.78, 5) is 24.5. The highest BCUT2D eigenvalue weighted by molar-refractivity contribution is 7.12. The van der Waals surface area contributed by atoms with Gasteiger partial charge in [0, 0.05) is 19.7 Å². The van der Waals surface area contributed by atoms with E-state index in [1.807, 2.05) is 43.3 Å². The molecule has 1 unspecified atom stereocenters. The van der Waals surface area contributed by atoms with E-state index in [9.17, 15) is 4.79 Å². The van der Waals surface area contributed by atoms with Crippen LogP contribution in [0.15, 0.2) is 17.5 Å². The van der Waals surface area contributed by atoms with Gasteiger partial charge in [-0.05, 0) is 43.7 Å². The van der Waals surface area contributed by atoms with Crippen LogP contribution in [-0.2, 0) is 0 Å². The minimum Gasteiger partial charge on any atom is -0.373 e. The Bertz CT molecular complexity index is 697. The maximum absolute atomic E-state index is 12.8. The van der Waals surface area contributed by atoms with Gasteiger partial charge in [-0.25, -0.2) is 9.97 Å². The second-order valence-electron chi connectivity index (χ2n) is 5.56. The van der Waals surface area contributed by atoms with E-state index >= 15 is 0 Å². The minimum absolute atomic E-state index is 0.0443. The van der Waals surface area contributed by atoms with Crippen molar-refractivity contribution in [3.63, 3.8) is 0 Å². The average Bonchev–Trinajstić information content (AvgIpc) is 3.14. The topological polar surface area (TPSA) is 58.1 Å². The third-order valence-electron chi connectivity index (χ3n) is 4.03. The van der Waals surface area contributed by atoms with Crippen LogP contribution in [0.1, 0.15) is 45.6 Å². The van der Waals surface area contributed by atoms with Crippen molar-refractivity contribution >= 4 is 23.1 Å². The summed E-state index contributed by atoms with van der Waals surface area (Å²) in [7, 11) is 1.85. The molecule has 1 atom stereocenters. The van der Waals surface area contributed by atoms with Crippen molar-refractivity contribution in [1.29, 1.82) is 0 Å². The van der Waals surface area contributed by atoms with Crippen LogP contribution in [0.2, 0.25) is 0 Å². The molecule has 2 aromatic rings. The molecule has 1 aliphatic heterocycles. The smallest absolute Gasteiger partial charge is 0.264 e. The molecule has 3 heterocycles. The number of aromatic nitrogens is 2. The summed E-state index contributed by atoms with van der Waals surface area (Å²) >= 11 is 1.52. The molecule has 0 aliphatic carbocycles. The maximum Gasteiger partial charge on any atom is 0.264 e. The van der Waals surface area contributed by atoms with Gasteiger partial charge in [0.15, 0.2) is 0 Å². The SMILES string of the molecule is CNc1cc(C2CCCN2C(=O)c2sccc2C)nc(C)n1. The van der Waals surface area contributed by atoms with E-state index < -0.39 is 0 Å². The molecule has 0 aromatic carbocycles. The van der Waals surface area contributed by atoms with Gasteiger partial charge in [0.05, 0.1) is 16.6 Å². The van der Waals surface area contributed by atoms with Crippen molar-refractivity contribution in [2.45, 2.75) is 32.7 Å². The zero-order valence-electron chi connectivity index (χ0n) is 13.1. The second kappa shape index (κ2) is 6.04. The summed E-state index contributed by atoms with van der Waals surface area (Å²) in [6.45, 7) is 4.66. The van der Waals surface area contributed by atoms with Crippen molar-refractivity contribution in [2.75, 3.05) is 18.9 Å². The fraction of sp³-hybridized carbons (Fsp3) is 0.438. The fourth-order valence-electron chi connectivity index (χ4n) is 2.93. The number of nitrogens with zero attached hydrogens (tertiary/aromatic N) is 3. The predicted octanol–water partition coefficient (Wildman–Crippen LogP) is 3.17. The van der Waals surface area contributed by atoms with Gasteiger partial charge in [-0.2, -0.15) is 0 Å². The molecule has 1 amide bonds. The number of nitrogens with one attached hydrogen (secondary N) is 1. The molecule has 0 bridgehead atoms. The highest BCUT2D eigenvalue weighted by Crippen LogP contribution is 2.34. The van der Waals surface area contributed by atoms with Gasteiger partial charge < -0.3 is 10.2 Å². The quantitative estimate of drug-likeness (QED) is 0.945. The number of likely N-dealkylation sites (tertiary alicyclic amines) is 1. The van der Waals surface area contributed by atoms with E-state index in [4.69, 9.17) is 0 Å². The average molecular weight is 316 g/mol. The van der Waals surface area contributed by atoms with Crippen LogP contribution in [-0.4, -0.2) is 34.4 Å². The number of thiophene rings is 1. The lowest BCUT2D eigenvalue weighted by molar-refractivity contribution is 0.0737.